The molecule has 25 heavy (non-hydrogen) atoms. The lowest BCUT2D eigenvalue weighted by Crippen LogP contribution is -2.23. The number of hydrogen-bond acceptors (Lipinski definition) is 4. The highest BCUT2D eigenvalue weighted by molar-refractivity contribution is 5.43. The van der Waals surface area contributed by atoms with E-state index in [0.717, 1.165) is 36.4 Å². The van der Waals surface area contributed by atoms with Gasteiger partial charge in [0, 0.05) is 23.7 Å². The van der Waals surface area contributed by atoms with Gasteiger partial charge in [0.25, 0.3) is 0 Å². The number of ether oxygens (including phenoxy) is 2. The van der Waals surface area contributed by atoms with Gasteiger partial charge in [-0.25, -0.2) is 4.39 Å². The van der Waals surface area contributed by atoms with Crippen molar-refractivity contribution < 1.29 is 13.9 Å². The van der Waals surface area contributed by atoms with E-state index in [2.05, 4.69) is 4.90 Å². The largest absolute Gasteiger partial charge is 0.497 e. The number of nitriles is 1. The van der Waals surface area contributed by atoms with Crippen LogP contribution in [0.2, 0.25) is 0 Å². The van der Waals surface area contributed by atoms with Crippen LogP contribution in [0.4, 0.5) is 4.39 Å². The van der Waals surface area contributed by atoms with Gasteiger partial charge in [-0.2, -0.15) is 5.26 Å². The molecule has 0 saturated carbocycles. The second-order valence-corrected chi connectivity index (χ2v) is 6.15. The van der Waals surface area contributed by atoms with Crippen molar-refractivity contribution in [2.45, 2.75) is 25.4 Å². The minimum Gasteiger partial charge on any atom is -0.497 e. The predicted molar refractivity (Wildman–Crippen MR) is 93.0 cm³/mol. The van der Waals surface area contributed by atoms with Gasteiger partial charge in [-0.1, -0.05) is 6.07 Å². The van der Waals surface area contributed by atoms with Crippen molar-refractivity contribution in [1.82, 2.24) is 4.90 Å². The molecule has 4 nitrogen and oxygen atoms in total. The predicted octanol–water partition coefficient (Wildman–Crippen LogP) is 4.05. The summed E-state index contributed by atoms with van der Waals surface area (Å²) in [7, 11) is 3.30. The second-order valence-electron chi connectivity index (χ2n) is 6.15. The van der Waals surface area contributed by atoms with E-state index in [4.69, 9.17) is 14.7 Å². The summed E-state index contributed by atoms with van der Waals surface area (Å²) in [6, 6.07) is 12.6. The highest BCUT2D eigenvalue weighted by atomic mass is 19.1. The first-order chi connectivity index (χ1) is 12.2. The number of nitrogens with zero attached hydrogens (tertiary/aromatic N) is 2. The minimum atomic E-state index is -0.331. The van der Waals surface area contributed by atoms with E-state index in [1.807, 2.05) is 24.3 Å². The van der Waals surface area contributed by atoms with Crippen LogP contribution >= 0.6 is 0 Å². The van der Waals surface area contributed by atoms with Gasteiger partial charge in [0.05, 0.1) is 25.9 Å². The molecule has 2 aromatic rings. The molecule has 1 aliphatic heterocycles. The van der Waals surface area contributed by atoms with Crippen LogP contribution in [0.15, 0.2) is 36.4 Å². The smallest absolute Gasteiger partial charge is 0.129 e. The number of rotatable bonds is 5. The summed E-state index contributed by atoms with van der Waals surface area (Å²) in [5, 5.41) is 8.88. The Morgan fingerprint density at radius 1 is 1.20 bits per heavy atom. The molecule has 1 atom stereocenters. The Hall–Kier alpha value is -2.58. The van der Waals surface area contributed by atoms with Crippen LogP contribution in [0.3, 0.4) is 0 Å². The van der Waals surface area contributed by atoms with Crippen LogP contribution in [0.25, 0.3) is 0 Å². The minimum absolute atomic E-state index is 0.153. The topological polar surface area (TPSA) is 45.5 Å². The van der Waals surface area contributed by atoms with Gasteiger partial charge >= 0.3 is 0 Å². The standard InChI is InChI=1S/C20H21FN2O2/c1-24-16-7-8-20(25-2)17(11-16)19-4-3-9-23(19)13-15-6-5-14(12-22)10-18(15)21/h5-8,10-11,19H,3-4,9,13H2,1-2H3/t19-/m1/s1. The first-order valence-electron chi connectivity index (χ1n) is 8.30. The molecule has 1 heterocycles. The fraction of sp³-hybridized carbons (Fsp3) is 0.350. The third kappa shape index (κ3) is 3.59. The molecular weight excluding hydrogens is 319 g/mol. The summed E-state index contributed by atoms with van der Waals surface area (Å²) in [4.78, 5) is 2.25. The third-order valence-electron chi connectivity index (χ3n) is 4.72. The van der Waals surface area contributed by atoms with Crippen molar-refractivity contribution in [3.63, 3.8) is 0 Å². The highest BCUT2D eigenvalue weighted by Gasteiger charge is 2.29. The summed E-state index contributed by atoms with van der Waals surface area (Å²) in [6.45, 7) is 1.40. The van der Waals surface area contributed by atoms with E-state index in [1.54, 1.807) is 26.4 Å². The van der Waals surface area contributed by atoms with Gasteiger partial charge in [-0.15, -0.1) is 0 Å². The Morgan fingerprint density at radius 3 is 2.72 bits per heavy atom. The number of likely N-dealkylation sites (tertiary alicyclic amines) is 1. The molecule has 0 spiro atoms. The fourth-order valence-electron chi connectivity index (χ4n) is 3.43. The van der Waals surface area contributed by atoms with Crippen molar-refractivity contribution in [2.24, 2.45) is 0 Å². The van der Waals surface area contributed by atoms with Crippen molar-refractivity contribution in [3.8, 4) is 17.6 Å². The molecular formula is C20H21FN2O2. The molecule has 3 rings (SSSR count). The van der Waals surface area contributed by atoms with E-state index in [9.17, 15) is 4.39 Å². The summed E-state index contributed by atoms with van der Waals surface area (Å²) in [5.41, 5.74) is 2.01. The zero-order valence-corrected chi connectivity index (χ0v) is 14.5. The lowest BCUT2D eigenvalue weighted by Gasteiger charge is -2.26. The molecule has 0 bridgehead atoms. The summed E-state index contributed by atoms with van der Waals surface area (Å²) in [5.74, 6) is 1.27. The number of halogens is 1. The van der Waals surface area contributed by atoms with Gasteiger partial charge in [0.1, 0.15) is 17.3 Å². The lowest BCUT2D eigenvalue weighted by atomic mass is 10.0. The summed E-state index contributed by atoms with van der Waals surface area (Å²) >= 11 is 0. The first-order valence-corrected chi connectivity index (χ1v) is 8.30. The molecule has 2 aromatic carbocycles. The molecule has 5 heteroatoms. The van der Waals surface area contributed by atoms with E-state index in [1.165, 1.54) is 6.07 Å². The molecule has 0 aromatic heterocycles. The van der Waals surface area contributed by atoms with Crippen LogP contribution in [-0.4, -0.2) is 25.7 Å². The number of methoxy groups -OCH3 is 2. The highest BCUT2D eigenvalue weighted by Crippen LogP contribution is 2.39. The van der Waals surface area contributed by atoms with Gasteiger partial charge in [0.15, 0.2) is 0 Å². The maximum Gasteiger partial charge on any atom is 0.129 e. The molecule has 1 saturated heterocycles. The SMILES string of the molecule is COc1ccc(OC)c([C@H]2CCCN2Cc2ccc(C#N)cc2F)c1. The van der Waals surface area contributed by atoms with Gasteiger partial charge < -0.3 is 9.47 Å². The molecule has 0 unspecified atom stereocenters. The maximum atomic E-state index is 14.3. The molecule has 0 radical (unpaired) electrons. The normalized spacial score (nSPS) is 17.3. The van der Waals surface area contributed by atoms with Crippen LogP contribution in [0.5, 0.6) is 11.5 Å². The fourth-order valence-corrected chi connectivity index (χ4v) is 3.43. The Bertz CT molecular complexity index is 801. The Balaban J connectivity index is 1.87. The Labute approximate surface area is 147 Å². The molecule has 0 aliphatic carbocycles. The second kappa shape index (κ2) is 7.54. The van der Waals surface area contributed by atoms with Gasteiger partial charge in [-0.05, 0) is 49.7 Å². The summed E-state index contributed by atoms with van der Waals surface area (Å²) in [6.07, 6.45) is 2.03. The molecule has 1 fully saturated rings. The maximum absolute atomic E-state index is 14.3. The van der Waals surface area contributed by atoms with Gasteiger partial charge in [0.2, 0.25) is 0 Å². The Morgan fingerprint density at radius 2 is 2.04 bits per heavy atom. The average Bonchev–Trinajstić information content (AvgIpc) is 3.10. The van der Waals surface area contributed by atoms with Crippen molar-refractivity contribution >= 4 is 0 Å². The lowest BCUT2D eigenvalue weighted by molar-refractivity contribution is 0.239. The van der Waals surface area contributed by atoms with E-state index < -0.39 is 0 Å². The van der Waals surface area contributed by atoms with Crippen LogP contribution in [0, 0.1) is 17.1 Å². The van der Waals surface area contributed by atoms with Crippen LogP contribution < -0.4 is 9.47 Å². The molecule has 0 N–H and O–H groups in total. The quantitative estimate of drug-likeness (QED) is 0.824. The monoisotopic (exact) mass is 340 g/mol. The molecule has 0 amide bonds. The third-order valence-corrected chi connectivity index (χ3v) is 4.72. The zero-order chi connectivity index (χ0) is 17.8. The van der Waals surface area contributed by atoms with Crippen LogP contribution in [0.1, 0.15) is 35.6 Å². The molecule has 130 valence electrons. The van der Waals surface area contributed by atoms with Crippen molar-refractivity contribution in [2.75, 3.05) is 20.8 Å². The Kier molecular flexibility index (Phi) is 5.20. The van der Waals surface area contributed by atoms with Crippen LogP contribution in [-0.2, 0) is 6.54 Å². The van der Waals surface area contributed by atoms with E-state index >= 15 is 0 Å². The van der Waals surface area contributed by atoms with Gasteiger partial charge in [-0.3, -0.25) is 4.90 Å². The zero-order valence-electron chi connectivity index (χ0n) is 14.5. The van der Waals surface area contributed by atoms with E-state index in [-0.39, 0.29) is 11.9 Å². The first kappa shape index (κ1) is 17.2. The number of hydrogen-bond donors (Lipinski definition) is 0. The number of benzene rings is 2. The van der Waals surface area contributed by atoms with E-state index in [0.29, 0.717) is 17.7 Å². The average molecular weight is 340 g/mol. The molecule has 1 aliphatic rings. The summed E-state index contributed by atoms with van der Waals surface area (Å²) < 4.78 is 25.1. The van der Waals surface area contributed by atoms with Crippen molar-refractivity contribution in [1.29, 1.82) is 5.26 Å². The van der Waals surface area contributed by atoms with Crippen molar-refractivity contribution in [3.05, 3.63) is 58.9 Å².